The zero-order chi connectivity index (χ0) is 76.1. The quantitative estimate of drug-likeness (QED) is 0.0149. The van der Waals surface area contributed by atoms with Gasteiger partial charge < -0.3 is 97.9 Å². The Bertz CT molecular complexity index is 3880. The van der Waals surface area contributed by atoms with Gasteiger partial charge in [-0.05, 0) is 56.7 Å². The maximum Gasteiger partial charge on any atom is 0.276 e. The predicted molar refractivity (Wildman–Crippen MR) is 386 cm³/mol. The Hall–Kier alpha value is -9.19. The maximum absolute atomic E-state index is 14.1. The number of benzene rings is 2. The lowest BCUT2D eigenvalue weighted by atomic mass is 10.1. The number of piperazine rings is 1. The van der Waals surface area contributed by atoms with Gasteiger partial charge >= 0.3 is 0 Å². The minimum absolute atomic E-state index is 0.0656. The second-order valence-corrected chi connectivity index (χ2v) is 24.3. The van der Waals surface area contributed by atoms with Gasteiger partial charge in [0, 0.05) is 82.2 Å². The molecule has 8 rings (SSSR count). The number of nitrogens with two attached hydrogens (primary N) is 2. The molecule has 586 valence electrons. The molecular formula is C70H100N16O21. The molecule has 0 bridgehead atoms. The van der Waals surface area contributed by atoms with E-state index < -0.39 is 41.4 Å². The number of aliphatic hydroxyl groups is 2. The Morgan fingerprint density at radius 1 is 0.495 bits per heavy atom. The number of allylic oxidation sites excluding steroid dienone is 2. The van der Waals surface area contributed by atoms with Gasteiger partial charge in [-0.2, -0.15) is 10.2 Å². The second-order valence-electron chi connectivity index (χ2n) is 24.3. The predicted octanol–water partition coefficient (Wildman–Crippen LogP) is -0.0585. The van der Waals surface area contributed by atoms with Crippen molar-refractivity contribution in [3.63, 3.8) is 0 Å². The number of hydrogen-bond acceptors (Lipinski definition) is 27. The number of anilines is 2. The Morgan fingerprint density at radius 3 is 1.28 bits per heavy atom. The Morgan fingerprint density at radius 2 is 0.879 bits per heavy atom. The number of nitrogens with zero attached hydrogens (tertiary/aromatic N) is 11. The summed E-state index contributed by atoms with van der Waals surface area (Å²) in [6.45, 7) is 16.9. The van der Waals surface area contributed by atoms with Crippen LogP contribution in [0.3, 0.4) is 0 Å². The number of fused-ring (bicyclic) bond motifs is 2. The van der Waals surface area contributed by atoms with E-state index in [-0.39, 0.29) is 106 Å². The van der Waals surface area contributed by atoms with Gasteiger partial charge in [0.15, 0.2) is 0 Å². The van der Waals surface area contributed by atoms with E-state index in [0.717, 1.165) is 56.3 Å². The molecule has 0 radical (unpaired) electrons. The van der Waals surface area contributed by atoms with E-state index in [4.69, 9.17) is 78.3 Å². The van der Waals surface area contributed by atoms with E-state index in [0.29, 0.717) is 171 Å². The lowest BCUT2D eigenvalue weighted by Gasteiger charge is -2.34. The second kappa shape index (κ2) is 45.5. The molecule has 9 N–H and O–H groups in total. The first-order valence-electron chi connectivity index (χ1n) is 35.5. The van der Waals surface area contributed by atoms with Crippen LogP contribution in [0.15, 0.2) is 60.7 Å². The number of hydrogen-bond donors (Lipinski definition) is 7. The number of amides is 7. The highest BCUT2D eigenvalue weighted by molar-refractivity contribution is 6.14. The molecule has 7 amide bonds. The summed E-state index contributed by atoms with van der Waals surface area (Å²) in [4.78, 5) is 103. The third-order valence-electron chi connectivity index (χ3n) is 16.5. The van der Waals surface area contributed by atoms with Crippen LogP contribution >= 0.6 is 0 Å². The summed E-state index contributed by atoms with van der Waals surface area (Å²) in [5, 5.41) is 36.6. The SMILES string of the molecule is COc1cc(C(N)=O)cc2nc(NC(=O)c3cc(C)nn3CCO)n(C/C=C/Cn3c(NC(=O)c4cc(C)nn4CCO)nc4cc(C(N)=O)cc(OCCCN5CCN(CCOCCOCCOCCOCCOCCOCCOCCOCCOCCOCCNC(=O)CN6C(=O)C=CC6=O)CC5)c43)c12. The lowest BCUT2D eigenvalue weighted by molar-refractivity contribution is -0.141. The number of imidazole rings is 2. The third-order valence-corrected chi connectivity index (χ3v) is 16.5. The van der Waals surface area contributed by atoms with Gasteiger partial charge in [0.25, 0.3) is 23.6 Å². The number of aryl methyl sites for hydroxylation is 2. The molecule has 1 fully saturated rings. The van der Waals surface area contributed by atoms with E-state index in [1.54, 1.807) is 53.3 Å². The summed E-state index contributed by atoms with van der Waals surface area (Å²) in [6.07, 6.45) is 6.51. The zero-order valence-electron chi connectivity index (χ0n) is 61.0. The lowest BCUT2D eigenvalue weighted by Crippen LogP contribution is -2.47. The molecule has 6 aromatic rings. The molecule has 2 aromatic carbocycles. The third kappa shape index (κ3) is 26.9. The van der Waals surface area contributed by atoms with E-state index in [1.807, 2.05) is 0 Å². The molecule has 0 unspecified atom stereocenters. The molecule has 6 heterocycles. The molecule has 0 aliphatic carbocycles. The molecule has 4 aromatic heterocycles. The topological polar surface area (TPSA) is 440 Å². The van der Waals surface area contributed by atoms with Crippen LogP contribution in [-0.2, 0) is 87.9 Å². The number of rotatable bonds is 55. The van der Waals surface area contributed by atoms with Gasteiger partial charge in [-0.15, -0.1) is 0 Å². The number of carbonyl (C=O) groups excluding carboxylic acids is 7. The molecule has 1 saturated heterocycles. The fourth-order valence-electron chi connectivity index (χ4n) is 11.3. The molecule has 37 heteroatoms. The van der Waals surface area contributed by atoms with Crippen molar-refractivity contribution in [1.82, 2.24) is 58.7 Å². The molecule has 0 saturated carbocycles. The highest BCUT2D eigenvalue weighted by atomic mass is 16.6. The Balaban J connectivity index is 0.674. The van der Waals surface area contributed by atoms with Gasteiger partial charge in [0.05, 0.1) is 195 Å². The van der Waals surface area contributed by atoms with Crippen molar-refractivity contribution in [2.45, 2.75) is 46.4 Å². The normalized spacial score (nSPS) is 13.5. The first-order valence-corrected chi connectivity index (χ1v) is 35.5. The highest BCUT2D eigenvalue weighted by Crippen LogP contribution is 2.33. The minimum Gasteiger partial charge on any atom is -0.494 e. The fourth-order valence-corrected chi connectivity index (χ4v) is 11.3. The highest BCUT2D eigenvalue weighted by Gasteiger charge is 2.27. The van der Waals surface area contributed by atoms with Crippen LogP contribution in [0.2, 0.25) is 0 Å². The van der Waals surface area contributed by atoms with Gasteiger partial charge in [0.1, 0.15) is 40.5 Å². The summed E-state index contributed by atoms with van der Waals surface area (Å²) in [7, 11) is 1.43. The Labute approximate surface area is 618 Å². The van der Waals surface area contributed by atoms with Crippen LogP contribution in [0.25, 0.3) is 22.1 Å². The summed E-state index contributed by atoms with van der Waals surface area (Å²) >= 11 is 0. The summed E-state index contributed by atoms with van der Waals surface area (Å²) < 4.78 is 74.1. The van der Waals surface area contributed by atoms with Crippen molar-refractivity contribution >= 4 is 75.3 Å². The van der Waals surface area contributed by atoms with E-state index >= 15 is 0 Å². The van der Waals surface area contributed by atoms with Crippen LogP contribution in [0.4, 0.5) is 11.9 Å². The van der Waals surface area contributed by atoms with Crippen molar-refractivity contribution in [1.29, 1.82) is 0 Å². The number of imide groups is 1. The number of methoxy groups -OCH3 is 1. The van der Waals surface area contributed by atoms with Crippen molar-refractivity contribution in [3.8, 4) is 11.5 Å². The average Bonchev–Trinajstić information content (AvgIpc) is 1.63. The average molecular weight is 1500 g/mol. The first-order chi connectivity index (χ1) is 52.0. The molecule has 2 aliphatic heterocycles. The molecule has 2 aliphatic rings. The molecule has 0 atom stereocenters. The smallest absolute Gasteiger partial charge is 0.276 e. The van der Waals surface area contributed by atoms with Crippen molar-refractivity contribution in [2.24, 2.45) is 11.5 Å². The first kappa shape index (κ1) is 83.4. The van der Waals surface area contributed by atoms with E-state index in [9.17, 15) is 43.8 Å². The molecule has 37 nitrogen and oxygen atoms in total. The van der Waals surface area contributed by atoms with Gasteiger partial charge in [-0.25, -0.2) is 9.97 Å². The number of aromatic nitrogens is 8. The van der Waals surface area contributed by atoms with Crippen LogP contribution in [-0.4, -0.2) is 316 Å². The summed E-state index contributed by atoms with van der Waals surface area (Å²) in [6, 6.07) is 9.25. The van der Waals surface area contributed by atoms with E-state index in [2.05, 4.69) is 35.9 Å². The maximum atomic E-state index is 14.1. The van der Waals surface area contributed by atoms with Gasteiger partial charge in [-0.1, -0.05) is 12.2 Å². The van der Waals surface area contributed by atoms with Crippen LogP contribution in [0.1, 0.15) is 59.5 Å². The number of ether oxygens (including phenoxy) is 12. The number of primary amides is 2. The minimum atomic E-state index is -0.713. The van der Waals surface area contributed by atoms with Crippen LogP contribution in [0, 0.1) is 13.8 Å². The number of carbonyl (C=O) groups is 7. The number of nitrogens with one attached hydrogen (secondary N) is 3. The van der Waals surface area contributed by atoms with Crippen molar-refractivity contribution in [2.75, 3.05) is 222 Å². The molecule has 107 heavy (non-hydrogen) atoms. The summed E-state index contributed by atoms with van der Waals surface area (Å²) in [5.74, 6) is -3.24. The fraction of sp³-hybridized carbons (Fsp3) is 0.557. The molecular weight excluding hydrogens is 1400 g/mol. The van der Waals surface area contributed by atoms with Gasteiger partial charge in [0.2, 0.25) is 29.6 Å². The number of aliphatic hydroxyl groups excluding tert-OH is 2. The van der Waals surface area contributed by atoms with E-state index in [1.165, 1.54) is 34.7 Å². The Kier molecular flexibility index (Phi) is 35.5. The monoisotopic (exact) mass is 1500 g/mol. The van der Waals surface area contributed by atoms with Crippen LogP contribution < -0.4 is 36.9 Å². The van der Waals surface area contributed by atoms with Crippen LogP contribution in [0.5, 0.6) is 11.5 Å². The molecule has 0 spiro atoms. The van der Waals surface area contributed by atoms with Crippen molar-refractivity contribution in [3.05, 3.63) is 94.6 Å². The largest absolute Gasteiger partial charge is 0.494 e. The summed E-state index contributed by atoms with van der Waals surface area (Å²) in [5.41, 5.74) is 14.8. The standard InChI is InChI=1S/C70H100N16O21/c1-50-43-56(85(78-50)17-20-87)67(94)76-69-74-54-45-52(65(71)92)47-58(96-3)63(54)82(69)11-4-5-12-83-64-55(75-70(83)77-68(95)57-44-51(2)79-86(57)18-21-88)46-53(66(72)93)48-59(64)107-22-6-10-80-13-15-81(16-14-80)19-24-98-26-28-100-30-32-102-34-36-104-38-40-106-42-41-105-39-37-103-35-33-101-31-29-99-27-25-97-23-9-73-60(89)49-84-61(90)7-8-62(84)91/h4-5,7-8,43-48,87-88H,6,9-42,49H2,1-3H3,(H2,71,92)(H2,72,93)(H,73,89)(H,74,76,94)(H,75,77,95)/b5-4+. The van der Waals surface area contributed by atoms with Gasteiger partial charge in [-0.3, -0.25) is 63.4 Å². The van der Waals surface area contributed by atoms with Crippen molar-refractivity contribution < 1.29 is 101 Å². The zero-order valence-corrected chi connectivity index (χ0v) is 61.0.